The van der Waals surface area contributed by atoms with Gasteiger partial charge in [-0.2, -0.15) is 5.10 Å². The molecule has 2 N–H and O–H groups in total. The predicted octanol–water partition coefficient (Wildman–Crippen LogP) is 3.60. The largest absolute Gasteiger partial charge is 0.483 e. The summed E-state index contributed by atoms with van der Waals surface area (Å²) in [4.78, 5) is 21.7. The molecule has 0 spiro atoms. The number of aryl methyl sites for hydroxylation is 1. The van der Waals surface area contributed by atoms with Gasteiger partial charge in [0, 0.05) is 67.9 Å². The molecule has 3 aromatic heterocycles. The van der Waals surface area contributed by atoms with E-state index in [2.05, 4.69) is 61.1 Å². The first-order chi connectivity index (χ1) is 15.2. The van der Waals surface area contributed by atoms with E-state index < -0.39 is 0 Å². The second-order valence-electron chi connectivity index (χ2n) is 6.75. The lowest BCUT2D eigenvalue weighted by Crippen LogP contribution is -2.10. The van der Waals surface area contributed by atoms with Crippen LogP contribution in [0.2, 0.25) is 0 Å². The van der Waals surface area contributed by atoms with Crippen molar-refractivity contribution in [3.63, 3.8) is 0 Å². The average molecular weight is 419 g/mol. The Balaban J connectivity index is 0.000000858. The number of carboxylic acid groups (broad SMARTS) is 1. The van der Waals surface area contributed by atoms with Crippen molar-refractivity contribution in [2.75, 3.05) is 12.4 Å². The maximum Gasteiger partial charge on any atom is 0.290 e. The molecule has 0 saturated carbocycles. The number of rotatable bonds is 7. The van der Waals surface area contributed by atoms with E-state index in [1.54, 1.807) is 12.4 Å². The minimum Gasteiger partial charge on any atom is -0.483 e. The molecule has 4 aromatic rings. The third-order valence-electron chi connectivity index (χ3n) is 4.83. The smallest absolute Gasteiger partial charge is 0.290 e. The minimum atomic E-state index is -0.250. The van der Waals surface area contributed by atoms with Crippen molar-refractivity contribution in [2.45, 2.75) is 25.9 Å². The highest BCUT2D eigenvalue weighted by Crippen LogP contribution is 2.28. The fraction of sp³-hybridized carbons (Fsp3) is 0.227. The molecule has 0 saturated heterocycles. The van der Waals surface area contributed by atoms with Crippen LogP contribution in [0, 0.1) is 0 Å². The topological polar surface area (TPSA) is 111 Å². The van der Waals surface area contributed by atoms with Gasteiger partial charge in [-0.15, -0.1) is 0 Å². The molecule has 9 nitrogen and oxygen atoms in total. The number of hydrogen-bond donors (Lipinski definition) is 2. The molecule has 3 heterocycles. The van der Waals surface area contributed by atoms with Gasteiger partial charge in [0.15, 0.2) is 5.82 Å². The van der Waals surface area contributed by atoms with Gasteiger partial charge in [0.25, 0.3) is 6.47 Å². The van der Waals surface area contributed by atoms with Crippen LogP contribution in [-0.2, 0) is 11.3 Å². The molecule has 0 aliphatic rings. The first-order valence-electron chi connectivity index (χ1n) is 9.85. The van der Waals surface area contributed by atoms with Gasteiger partial charge in [-0.05, 0) is 19.4 Å². The second-order valence-corrected chi connectivity index (χ2v) is 6.75. The van der Waals surface area contributed by atoms with Gasteiger partial charge in [-0.3, -0.25) is 14.5 Å². The summed E-state index contributed by atoms with van der Waals surface area (Å²) in [7, 11) is 1.85. The van der Waals surface area contributed by atoms with Crippen molar-refractivity contribution >= 4 is 12.3 Å². The van der Waals surface area contributed by atoms with Crippen LogP contribution in [0.5, 0.6) is 0 Å². The third kappa shape index (κ3) is 5.33. The summed E-state index contributed by atoms with van der Waals surface area (Å²) in [5, 5.41) is 14.3. The fourth-order valence-electron chi connectivity index (χ4n) is 3.29. The van der Waals surface area contributed by atoms with Crippen molar-refractivity contribution in [1.29, 1.82) is 0 Å². The molecule has 1 unspecified atom stereocenters. The number of hydrogen-bond acceptors (Lipinski definition) is 6. The Morgan fingerprint density at radius 1 is 1.03 bits per heavy atom. The average Bonchev–Trinajstić information content (AvgIpc) is 3.50. The lowest BCUT2D eigenvalue weighted by Gasteiger charge is -2.17. The molecule has 1 aromatic carbocycles. The summed E-state index contributed by atoms with van der Waals surface area (Å²) >= 11 is 0. The minimum absolute atomic E-state index is 0.250. The normalized spacial score (nSPS) is 11.3. The highest BCUT2D eigenvalue weighted by atomic mass is 16.3. The van der Waals surface area contributed by atoms with E-state index in [1.807, 2.05) is 42.6 Å². The summed E-state index contributed by atoms with van der Waals surface area (Å²) < 4.78 is 4.18. The molecule has 1 atom stereocenters. The molecule has 4 rings (SSSR count). The molecule has 0 radical (unpaired) electrons. The summed E-state index contributed by atoms with van der Waals surface area (Å²) in [6.45, 7) is 2.84. The Hall–Kier alpha value is -4.01. The lowest BCUT2D eigenvalue weighted by atomic mass is 10.1. The fourth-order valence-corrected chi connectivity index (χ4v) is 3.29. The molecule has 0 bridgehead atoms. The maximum atomic E-state index is 8.36. The first-order valence-corrected chi connectivity index (χ1v) is 9.85. The Morgan fingerprint density at radius 3 is 2.42 bits per heavy atom. The summed E-state index contributed by atoms with van der Waals surface area (Å²) in [6, 6.07) is 10.6. The van der Waals surface area contributed by atoms with Gasteiger partial charge in [-0.1, -0.05) is 24.3 Å². The zero-order valence-corrected chi connectivity index (χ0v) is 17.5. The van der Waals surface area contributed by atoms with Gasteiger partial charge >= 0.3 is 0 Å². The van der Waals surface area contributed by atoms with Crippen molar-refractivity contribution < 1.29 is 9.90 Å². The highest BCUT2D eigenvalue weighted by Gasteiger charge is 2.13. The number of nitrogens with one attached hydrogen (secondary N) is 1. The van der Waals surface area contributed by atoms with Crippen LogP contribution in [0.1, 0.15) is 19.4 Å². The molecule has 0 aliphatic heterocycles. The second kappa shape index (κ2) is 10.7. The summed E-state index contributed by atoms with van der Waals surface area (Å²) in [6.07, 6.45) is 12.1. The van der Waals surface area contributed by atoms with Crippen LogP contribution >= 0.6 is 0 Å². The first kappa shape index (κ1) is 21.7. The Bertz CT molecular complexity index is 1080. The molecular weight excluding hydrogens is 394 g/mol. The van der Waals surface area contributed by atoms with E-state index in [0.29, 0.717) is 6.04 Å². The molecule has 9 heteroatoms. The molecule has 31 heavy (non-hydrogen) atoms. The maximum absolute atomic E-state index is 8.36. The summed E-state index contributed by atoms with van der Waals surface area (Å²) in [5.74, 6) is 1.73. The van der Waals surface area contributed by atoms with Gasteiger partial charge in [0.1, 0.15) is 11.5 Å². The zero-order chi connectivity index (χ0) is 22.1. The van der Waals surface area contributed by atoms with Crippen LogP contribution in [0.15, 0.2) is 67.5 Å². The SMILES string of the molecule is CNc1nccnc1-c1ccc(-c2nccn2C(C)CCn2cccn2)cc1.O=CO. The van der Waals surface area contributed by atoms with Gasteiger partial charge in [0.05, 0.1) is 0 Å². The number of carbonyl (C=O) groups is 1. The lowest BCUT2D eigenvalue weighted by molar-refractivity contribution is -0.122. The zero-order valence-electron chi connectivity index (χ0n) is 17.5. The Morgan fingerprint density at radius 2 is 1.74 bits per heavy atom. The number of nitrogens with zero attached hydrogens (tertiary/aromatic N) is 6. The van der Waals surface area contributed by atoms with E-state index in [0.717, 1.165) is 41.4 Å². The molecule has 0 amide bonds. The predicted molar refractivity (Wildman–Crippen MR) is 118 cm³/mol. The van der Waals surface area contributed by atoms with Crippen LogP contribution in [-0.4, -0.2) is 47.9 Å². The van der Waals surface area contributed by atoms with E-state index in [1.165, 1.54) is 0 Å². The van der Waals surface area contributed by atoms with Crippen LogP contribution in [0.25, 0.3) is 22.6 Å². The van der Waals surface area contributed by atoms with Crippen molar-refractivity contribution in [1.82, 2.24) is 29.3 Å². The molecular formula is C22H25N7O2. The van der Waals surface area contributed by atoms with Gasteiger partial charge in [-0.25, -0.2) is 9.97 Å². The van der Waals surface area contributed by atoms with Gasteiger partial charge < -0.3 is 15.0 Å². The van der Waals surface area contributed by atoms with E-state index in [9.17, 15) is 0 Å². The Kier molecular flexibility index (Phi) is 7.47. The van der Waals surface area contributed by atoms with Gasteiger partial charge in [0.2, 0.25) is 0 Å². The van der Waals surface area contributed by atoms with Crippen molar-refractivity contribution in [3.05, 3.63) is 67.5 Å². The standard InChI is InChI=1S/C21H23N7.CH2O2/c1-16(8-14-27-13-3-9-26-27)28-15-12-25-21(28)18-6-4-17(5-7-18)19-20(22-2)24-11-10-23-19;2-1-3/h3-7,9-13,15-16H,8,14H2,1-2H3,(H,22,24);1H,(H,2,3). The number of anilines is 1. The number of benzene rings is 1. The Labute approximate surface area is 180 Å². The number of aromatic nitrogens is 6. The van der Waals surface area contributed by atoms with Crippen molar-refractivity contribution in [2.24, 2.45) is 0 Å². The monoisotopic (exact) mass is 419 g/mol. The molecule has 0 fully saturated rings. The summed E-state index contributed by atoms with van der Waals surface area (Å²) in [5.41, 5.74) is 2.94. The highest BCUT2D eigenvalue weighted by molar-refractivity contribution is 5.73. The van der Waals surface area contributed by atoms with E-state index in [4.69, 9.17) is 9.90 Å². The third-order valence-corrected chi connectivity index (χ3v) is 4.83. The number of imidazole rings is 1. The van der Waals surface area contributed by atoms with E-state index in [-0.39, 0.29) is 6.47 Å². The van der Waals surface area contributed by atoms with Crippen LogP contribution < -0.4 is 5.32 Å². The molecule has 160 valence electrons. The van der Waals surface area contributed by atoms with Crippen LogP contribution in [0.4, 0.5) is 5.82 Å². The molecule has 0 aliphatic carbocycles. The van der Waals surface area contributed by atoms with Crippen molar-refractivity contribution in [3.8, 4) is 22.6 Å². The quantitative estimate of drug-likeness (QED) is 0.440. The van der Waals surface area contributed by atoms with Crippen LogP contribution in [0.3, 0.4) is 0 Å². The van der Waals surface area contributed by atoms with E-state index >= 15 is 0 Å².